The molecule has 1 aromatic rings. The molecule has 0 aliphatic carbocycles. The number of phenolic OH excluding ortho intramolecular Hbond substituents is 2. The molecular weight excluding hydrogens is 238 g/mol. The molecule has 1 heterocycles. The number of phenols is 2. The minimum atomic E-state index is -0.0260. The van der Waals surface area contributed by atoms with Crippen LogP contribution in [0.3, 0.4) is 0 Å². The largest absolute Gasteiger partial charge is 0.504 e. The van der Waals surface area contributed by atoms with E-state index in [0.717, 1.165) is 30.8 Å². The number of rotatable bonds is 2. The zero-order valence-electron chi connectivity index (χ0n) is 12.2. The predicted octanol–water partition coefficient (Wildman–Crippen LogP) is 3.38. The van der Waals surface area contributed by atoms with Crippen LogP contribution in [0.1, 0.15) is 51.2 Å². The summed E-state index contributed by atoms with van der Waals surface area (Å²) in [6.45, 7) is 9.24. The molecule has 3 heteroatoms. The van der Waals surface area contributed by atoms with E-state index < -0.39 is 0 Å². The first kappa shape index (κ1) is 14.2. The fourth-order valence-electron chi connectivity index (χ4n) is 2.59. The van der Waals surface area contributed by atoms with Crippen molar-refractivity contribution in [3.05, 3.63) is 23.3 Å². The van der Waals surface area contributed by atoms with Crippen LogP contribution in [0.2, 0.25) is 0 Å². The quantitative estimate of drug-likeness (QED) is 0.804. The van der Waals surface area contributed by atoms with E-state index in [1.807, 2.05) is 6.07 Å². The number of piperidine rings is 1. The zero-order valence-corrected chi connectivity index (χ0v) is 12.2. The topological polar surface area (TPSA) is 43.7 Å². The van der Waals surface area contributed by atoms with Gasteiger partial charge in [0.2, 0.25) is 0 Å². The lowest BCUT2D eigenvalue weighted by Gasteiger charge is -2.28. The van der Waals surface area contributed by atoms with Crippen LogP contribution in [0.5, 0.6) is 11.5 Å². The minimum Gasteiger partial charge on any atom is -0.504 e. The SMILES string of the molecule is CC(C)(C)c1cc(O)c(O)c(CN2CCCCC2)c1. The molecule has 3 nitrogen and oxygen atoms in total. The average molecular weight is 263 g/mol. The second-order valence-corrected chi connectivity index (χ2v) is 6.59. The second-order valence-electron chi connectivity index (χ2n) is 6.59. The molecule has 0 aromatic heterocycles. The summed E-state index contributed by atoms with van der Waals surface area (Å²) in [6, 6.07) is 3.71. The van der Waals surface area contributed by atoms with Gasteiger partial charge in [-0.05, 0) is 43.0 Å². The monoisotopic (exact) mass is 263 g/mol. The summed E-state index contributed by atoms with van der Waals surface area (Å²) in [5, 5.41) is 19.9. The highest BCUT2D eigenvalue weighted by molar-refractivity contribution is 5.49. The first-order valence-corrected chi connectivity index (χ1v) is 7.15. The highest BCUT2D eigenvalue weighted by Crippen LogP contribution is 2.36. The van der Waals surface area contributed by atoms with Gasteiger partial charge in [0.25, 0.3) is 0 Å². The third kappa shape index (κ3) is 3.41. The first-order chi connectivity index (χ1) is 8.88. The van der Waals surface area contributed by atoms with E-state index in [2.05, 4.69) is 25.7 Å². The normalized spacial score (nSPS) is 17.6. The Morgan fingerprint density at radius 3 is 2.26 bits per heavy atom. The number of benzene rings is 1. The lowest BCUT2D eigenvalue weighted by atomic mass is 9.85. The van der Waals surface area contributed by atoms with Gasteiger partial charge >= 0.3 is 0 Å². The summed E-state index contributed by atoms with van der Waals surface area (Å²) >= 11 is 0. The molecule has 0 unspecified atom stereocenters. The van der Waals surface area contributed by atoms with Gasteiger partial charge in [0, 0.05) is 12.1 Å². The molecule has 0 amide bonds. The van der Waals surface area contributed by atoms with Gasteiger partial charge in [-0.15, -0.1) is 0 Å². The van der Waals surface area contributed by atoms with Crippen LogP contribution in [0.4, 0.5) is 0 Å². The van der Waals surface area contributed by atoms with Crippen molar-refractivity contribution in [2.75, 3.05) is 13.1 Å². The highest BCUT2D eigenvalue weighted by atomic mass is 16.3. The van der Waals surface area contributed by atoms with Crippen molar-refractivity contribution in [2.45, 2.75) is 52.0 Å². The molecule has 0 saturated carbocycles. The highest BCUT2D eigenvalue weighted by Gasteiger charge is 2.20. The number of hydrogen-bond donors (Lipinski definition) is 2. The molecule has 1 aromatic carbocycles. The Morgan fingerprint density at radius 2 is 1.68 bits per heavy atom. The van der Waals surface area contributed by atoms with Crippen LogP contribution in [-0.2, 0) is 12.0 Å². The lowest BCUT2D eigenvalue weighted by Crippen LogP contribution is -2.29. The smallest absolute Gasteiger partial charge is 0.162 e. The van der Waals surface area contributed by atoms with Gasteiger partial charge in [0.15, 0.2) is 11.5 Å². The fraction of sp³-hybridized carbons (Fsp3) is 0.625. The van der Waals surface area contributed by atoms with Crippen LogP contribution >= 0.6 is 0 Å². The number of hydrogen-bond acceptors (Lipinski definition) is 3. The van der Waals surface area contributed by atoms with Crippen LogP contribution in [0.25, 0.3) is 0 Å². The third-order valence-corrected chi connectivity index (χ3v) is 3.88. The van der Waals surface area contributed by atoms with Crippen LogP contribution in [0, 0.1) is 0 Å². The van der Waals surface area contributed by atoms with E-state index in [4.69, 9.17) is 0 Å². The molecule has 19 heavy (non-hydrogen) atoms. The molecule has 0 bridgehead atoms. The van der Waals surface area contributed by atoms with Gasteiger partial charge < -0.3 is 10.2 Å². The van der Waals surface area contributed by atoms with Gasteiger partial charge in [-0.1, -0.05) is 33.3 Å². The predicted molar refractivity (Wildman–Crippen MR) is 77.6 cm³/mol. The molecule has 2 N–H and O–H groups in total. The molecular formula is C16H25NO2. The van der Waals surface area contributed by atoms with Gasteiger partial charge in [-0.25, -0.2) is 0 Å². The molecule has 1 fully saturated rings. The van der Waals surface area contributed by atoms with E-state index in [0.29, 0.717) is 0 Å². The van der Waals surface area contributed by atoms with Gasteiger partial charge in [0.05, 0.1) is 0 Å². The first-order valence-electron chi connectivity index (χ1n) is 7.15. The minimum absolute atomic E-state index is 0.000524. The van der Waals surface area contributed by atoms with Crippen molar-refractivity contribution in [2.24, 2.45) is 0 Å². The summed E-state index contributed by atoms with van der Waals surface area (Å²) in [5.41, 5.74) is 1.88. The van der Waals surface area contributed by atoms with Crippen molar-refractivity contribution in [3.8, 4) is 11.5 Å². The Kier molecular flexibility index (Phi) is 4.04. The Hall–Kier alpha value is -1.22. The Balaban J connectivity index is 2.25. The second kappa shape index (κ2) is 5.41. The third-order valence-electron chi connectivity index (χ3n) is 3.88. The van der Waals surface area contributed by atoms with Crippen LogP contribution < -0.4 is 0 Å². The maximum absolute atomic E-state index is 10.0. The van der Waals surface area contributed by atoms with Crippen LogP contribution in [0.15, 0.2) is 12.1 Å². The van der Waals surface area contributed by atoms with Crippen molar-refractivity contribution in [1.29, 1.82) is 0 Å². The standard InChI is InChI=1S/C16H25NO2/c1-16(2,3)13-9-12(15(19)14(18)10-13)11-17-7-5-4-6-8-17/h9-10,18-19H,4-8,11H2,1-3H3. The maximum Gasteiger partial charge on any atom is 0.162 e. The molecule has 1 aliphatic rings. The van der Waals surface area contributed by atoms with Crippen molar-refractivity contribution in [3.63, 3.8) is 0 Å². The molecule has 106 valence electrons. The summed E-state index contributed by atoms with van der Waals surface area (Å²) in [6.07, 6.45) is 3.76. The Labute approximate surface area is 115 Å². The zero-order chi connectivity index (χ0) is 14.0. The number of likely N-dealkylation sites (tertiary alicyclic amines) is 1. The number of nitrogens with zero attached hydrogens (tertiary/aromatic N) is 1. The average Bonchev–Trinajstić information content (AvgIpc) is 2.34. The molecule has 1 saturated heterocycles. The summed E-state index contributed by atoms with van der Waals surface area (Å²) in [5.74, 6) is 0.0398. The van der Waals surface area contributed by atoms with Gasteiger partial charge in [-0.3, -0.25) is 4.90 Å². The molecule has 2 rings (SSSR count). The summed E-state index contributed by atoms with van der Waals surface area (Å²) in [7, 11) is 0. The number of aromatic hydroxyl groups is 2. The summed E-state index contributed by atoms with van der Waals surface area (Å²) < 4.78 is 0. The van der Waals surface area contributed by atoms with Crippen LogP contribution in [-0.4, -0.2) is 28.2 Å². The maximum atomic E-state index is 10.0. The van der Waals surface area contributed by atoms with Crippen molar-refractivity contribution >= 4 is 0 Å². The Morgan fingerprint density at radius 1 is 1.05 bits per heavy atom. The van der Waals surface area contributed by atoms with Gasteiger partial charge in [0.1, 0.15) is 0 Å². The molecule has 1 aliphatic heterocycles. The van der Waals surface area contributed by atoms with E-state index in [9.17, 15) is 10.2 Å². The molecule has 0 radical (unpaired) electrons. The Bertz CT molecular complexity index is 443. The van der Waals surface area contributed by atoms with E-state index in [1.54, 1.807) is 6.07 Å². The van der Waals surface area contributed by atoms with Crippen molar-refractivity contribution in [1.82, 2.24) is 4.90 Å². The van der Waals surface area contributed by atoms with E-state index in [1.165, 1.54) is 19.3 Å². The van der Waals surface area contributed by atoms with E-state index in [-0.39, 0.29) is 16.9 Å². The molecule has 0 spiro atoms. The van der Waals surface area contributed by atoms with Gasteiger partial charge in [-0.2, -0.15) is 0 Å². The van der Waals surface area contributed by atoms with Crippen molar-refractivity contribution < 1.29 is 10.2 Å². The summed E-state index contributed by atoms with van der Waals surface area (Å²) in [4.78, 5) is 2.35. The fourth-order valence-corrected chi connectivity index (χ4v) is 2.59. The van der Waals surface area contributed by atoms with E-state index >= 15 is 0 Å². The molecule has 0 atom stereocenters. The lowest BCUT2D eigenvalue weighted by molar-refractivity contribution is 0.217.